The largest absolute Gasteiger partial charge is 0.462 e. The molecule has 50 heavy (non-hydrogen) atoms. The van der Waals surface area contributed by atoms with Crippen LogP contribution < -0.4 is 0 Å². The number of esters is 2. The normalized spacial score (nSPS) is 42.2. The second-order valence-electron chi connectivity index (χ2n) is 14.8. The zero-order valence-electron chi connectivity index (χ0n) is 29.9. The van der Waals surface area contributed by atoms with E-state index in [1.54, 1.807) is 37.3 Å². The molecule has 2 saturated heterocycles. The number of fused-ring (bicyclic) bond motifs is 2. The minimum Gasteiger partial charge on any atom is -0.462 e. The Bertz CT molecular complexity index is 1580. The fraction of sp³-hybridized carbons (Fsp3) is 0.575. The lowest BCUT2D eigenvalue weighted by Gasteiger charge is -2.48. The Morgan fingerprint density at radius 2 is 1.86 bits per heavy atom. The fourth-order valence-corrected chi connectivity index (χ4v) is 7.96. The molecule has 5 heterocycles. The number of aliphatic hydroxyl groups is 2. The van der Waals surface area contributed by atoms with Crippen molar-refractivity contribution in [1.82, 2.24) is 4.98 Å². The Labute approximate surface area is 294 Å². The topological polar surface area (TPSA) is 134 Å². The molecule has 0 aromatic carbocycles. The standard InChI is InChI=1S/C40H51NO9/c1-7-23(2)34-26(5)13-16-39(50-34)21-31-20-30(49-39)12-11-25(4)33(42)24(3)9-8-10-29-22-46-36-35(48-37(43)28-14-17-41-18-15-28)27(6)19-32(38(44)47-31)40(29,36)45/h8-11,13-19,23-24,26,30-36,42,45H,7,12,20-22H2,1-6H3/b9-8+,25-11+,29-10+/t23-,24-,26-,30+,31-,32-,33-,34+,35+,36+,39+,40+/m0/s1. The predicted molar refractivity (Wildman–Crippen MR) is 185 cm³/mol. The molecule has 1 aromatic rings. The van der Waals surface area contributed by atoms with Crippen molar-refractivity contribution in [2.75, 3.05) is 6.61 Å². The van der Waals surface area contributed by atoms with Crippen molar-refractivity contribution < 1.29 is 43.5 Å². The van der Waals surface area contributed by atoms with Gasteiger partial charge in [0.2, 0.25) is 0 Å². The highest BCUT2D eigenvalue weighted by Gasteiger charge is 2.61. The Morgan fingerprint density at radius 3 is 2.60 bits per heavy atom. The van der Waals surface area contributed by atoms with Gasteiger partial charge in [-0.2, -0.15) is 0 Å². The maximum atomic E-state index is 14.4. The first kappa shape index (κ1) is 36.4. The lowest BCUT2D eigenvalue weighted by Crippen LogP contribution is -2.59. The summed E-state index contributed by atoms with van der Waals surface area (Å²) in [5, 5.41) is 23.8. The molecule has 0 amide bonds. The second kappa shape index (κ2) is 14.7. The maximum absolute atomic E-state index is 14.4. The van der Waals surface area contributed by atoms with Gasteiger partial charge in [-0.25, -0.2) is 4.79 Å². The van der Waals surface area contributed by atoms with Crippen molar-refractivity contribution >= 4 is 11.9 Å². The van der Waals surface area contributed by atoms with Crippen LogP contribution >= 0.6 is 0 Å². The average Bonchev–Trinajstić information content (AvgIpc) is 3.44. The summed E-state index contributed by atoms with van der Waals surface area (Å²) in [6.45, 7) is 12.0. The number of allylic oxidation sites excluding steroid dienone is 2. The SMILES string of the molecule is CC[C@H](C)[C@H]1O[C@]2(C=C[C@@H]1C)C[C@@H]1C[C@@H](C/C=C(\C)[C@@H](O)[C@@H](C)/C=C/C=C3\CO[C@@H]4[C@H](OC(=O)c5ccncc5)C(C)=C[C@@H](C(=O)O1)[C@]34O)O2. The summed E-state index contributed by atoms with van der Waals surface area (Å²) in [7, 11) is 0. The fourth-order valence-electron chi connectivity index (χ4n) is 7.96. The van der Waals surface area contributed by atoms with Crippen LogP contribution in [0.25, 0.3) is 0 Å². The molecule has 1 aromatic heterocycles. The first-order chi connectivity index (χ1) is 23.8. The minimum atomic E-state index is -1.88. The van der Waals surface area contributed by atoms with Crippen molar-refractivity contribution in [3.05, 3.63) is 89.3 Å². The molecule has 1 spiro atoms. The van der Waals surface area contributed by atoms with Crippen LogP contribution in [0, 0.1) is 23.7 Å². The van der Waals surface area contributed by atoms with Crippen LogP contribution in [0.3, 0.4) is 0 Å². The summed E-state index contributed by atoms with van der Waals surface area (Å²) in [5.41, 5.74) is 0.248. The zero-order valence-corrected chi connectivity index (χ0v) is 29.9. The summed E-state index contributed by atoms with van der Waals surface area (Å²) in [5.74, 6) is -3.22. The van der Waals surface area contributed by atoms with E-state index < -0.39 is 53.7 Å². The van der Waals surface area contributed by atoms with Crippen LogP contribution in [-0.2, 0) is 28.5 Å². The van der Waals surface area contributed by atoms with Crippen molar-refractivity contribution in [3.63, 3.8) is 0 Å². The van der Waals surface area contributed by atoms with Crippen LogP contribution in [0.15, 0.2) is 83.8 Å². The molecular weight excluding hydrogens is 638 g/mol. The van der Waals surface area contributed by atoms with Gasteiger partial charge in [0.1, 0.15) is 23.7 Å². The number of nitrogens with zero attached hydrogens (tertiary/aromatic N) is 1. The van der Waals surface area contributed by atoms with Crippen molar-refractivity contribution in [2.45, 2.75) is 115 Å². The molecule has 12 atom stereocenters. The zero-order chi connectivity index (χ0) is 35.8. The Kier molecular flexibility index (Phi) is 10.7. The minimum absolute atomic E-state index is 0.00581. The van der Waals surface area contributed by atoms with E-state index in [0.717, 1.165) is 12.0 Å². The van der Waals surface area contributed by atoms with Gasteiger partial charge in [-0.05, 0) is 61.1 Å². The number of carbonyl (C=O) groups excluding carboxylic acids is 2. The number of hydrogen-bond donors (Lipinski definition) is 2. The Morgan fingerprint density at radius 1 is 1.10 bits per heavy atom. The lowest BCUT2D eigenvalue weighted by atomic mass is 9.70. The molecule has 1 aliphatic carbocycles. The highest BCUT2D eigenvalue weighted by molar-refractivity contribution is 5.89. The molecule has 4 aliphatic heterocycles. The number of aliphatic hydroxyl groups excluding tert-OH is 1. The molecule has 10 nitrogen and oxygen atoms in total. The maximum Gasteiger partial charge on any atom is 0.338 e. The number of ether oxygens (including phenoxy) is 5. The summed E-state index contributed by atoms with van der Waals surface area (Å²) < 4.78 is 31.9. The Hall–Kier alpha value is -3.41. The smallest absolute Gasteiger partial charge is 0.338 e. The van der Waals surface area contributed by atoms with Crippen molar-refractivity contribution in [1.29, 1.82) is 0 Å². The molecular formula is C40H51NO9. The number of rotatable bonds is 4. The van der Waals surface area contributed by atoms with Crippen LogP contribution in [0.4, 0.5) is 0 Å². The van der Waals surface area contributed by atoms with Gasteiger partial charge >= 0.3 is 11.9 Å². The second-order valence-corrected chi connectivity index (χ2v) is 14.8. The monoisotopic (exact) mass is 689 g/mol. The first-order valence-electron chi connectivity index (χ1n) is 18.0. The van der Waals surface area contributed by atoms with Gasteiger partial charge in [-0.1, -0.05) is 70.6 Å². The average molecular weight is 690 g/mol. The lowest BCUT2D eigenvalue weighted by molar-refractivity contribution is -0.300. The van der Waals surface area contributed by atoms with Gasteiger partial charge in [0.15, 0.2) is 11.9 Å². The van der Waals surface area contributed by atoms with Crippen molar-refractivity contribution in [2.24, 2.45) is 23.7 Å². The number of pyridine rings is 1. The quantitative estimate of drug-likeness (QED) is 0.306. The predicted octanol–water partition coefficient (Wildman–Crippen LogP) is 5.57. The molecule has 5 aliphatic rings. The van der Waals surface area contributed by atoms with E-state index in [1.165, 1.54) is 12.4 Å². The molecule has 0 unspecified atom stereocenters. The highest BCUT2D eigenvalue weighted by atomic mass is 16.7. The molecule has 270 valence electrons. The molecule has 2 bridgehead atoms. The third kappa shape index (κ3) is 7.05. The van der Waals surface area contributed by atoms with Crippen LogP contribution in [-0.4, -0.2) is 81.8 Å². The van der Waals surface area contributed by atoms with Gasteiger partial charge in [-0.15, -0.1) is 0 Å². The molecule has 2 N–H and O–H groups in total. The molecule has 0 radical (unpaired) electrons. The summed E-state index contributed by atoms with van der Waals surface area (Å²) in [6.07, 6.45) is 14.4. The third-order valence-corrected chi connectivity index (χ3v) is 11.2. The summed E-state index contributed by atoms with van der Waals surface area (Å²) >= 11 is 0. The van der Waals surface area contributed by atoms with E-state index in [-0.39, 0.29) is 36.6 Å². The number of aromatic nitrogens is 1. The van der Waals surface area contributed by atoms with E-state index >= 15 is 0 Å². The molecule has 0 saturated carbocycles. The van der Waals surface area contributed by atoms with Crippen LogP contribution in [0.2, 0.25) is 0 Å². The van der Waals surface area contributed by atoms with E-state index in [2.05, 4.69) is 31.8 Å². The van der Waals surface area contributed by atoms with Gasteiger partial charge in [0.25, 0.3) is 0 Å². The molecule has 10 heteroatoms. The van der Waals surface area contributed by atoms with Gasteiger partial charge < -0.3 is 33.9 Å². The summed E-state index contributed by atoms with van der Waals surface area (Å²) in [4.78, 5) is 31.5. The first-order valence-corrected chi connectivity index (χ1v) is 18.0. The Balaban J connectivity index is 1.38. The summed E-state index contributed by atoms with van der Waals surface area (Å²) in [6, 6.07) is 3.10. The van der Waals surface area contributed by atoms with Crippen LogP contribution in [0.1, 0.15) is 77.6 Å². The van der Waals surface area contributed by atoms with Gasteiger partial charge in [-0.3, -0.25) is 9.78 Å². The van der Waals surface area contributed by atoms with E-state index in [1.807, 2.05) is 32.1 Å². The van der Waals surface area contributed by atoms with E-state index in [0.29, 0.717) is 36.0 Å². The third-order valence-electron chi connectivity index (χ3n) is 11.2. The van der Waals surface area contributed by atoms with E-state index in [9.17, 15) is 19.8 Å². The number of carbonyl (C=O) groups is 2. The van der Waals surface area contributed by atoms with Crippen LogP contribution in [0.5, 0.6) is 0 Å². The van der Waals surface area contributed by atoms with E-state index in [4.69, 9.17) is 23.7 Å². The number of hydrogen-bond acceptors (Lipinski definition) is 10. The van der Waals surface area contributed by atoms with Gasteiger partial charge in [0, 0.05) is 37.1 Å². The van der Waals surface area contributed by atoms with Gasteiger partial charge in [0.05, 0.1) is 30.5 Å². The van der Waals surface area contributed by atoms with Crippen molar-refractivity contribution in [3.8, 4) is 0 Å². The highest BCUT2D eigenvalue weighted by Crippen LogP contribution is 2.47. The molecule has 2 fully saturated rings. The molecule has 6 rings (SSSR count).